The zero-order chi connectivity index (χ0) is 23.8. The molecule has 1 unspecified atom stereocenters. The van der Waals surface area contributed by atoms with Gasteiger partial charge in [-0.3, -0.25) is 9.69 Å². The van der Waals surface area contributed by atoms with Crippen LogP contribution in [0.2, 0.25) is 0 Å². The SMILES string of the molecule is COc1ccc(-c2cnc(CCC(=O)NCC(c3ccc(OC)cc3)N3CCOCC3)o2)cc1. The summed E-state index contributed by atoms with van der Waals surface area (Å²) in [4.78, 5) is 19.3. The third kappa shape index (κ3) is 6.15. The summed E-state index contributed by atoms with van der Waals surface area (Å²) in [7, 11) is 3.29. The maximum atomic E-state index is 12.6. The van der Waals surface area contributed by atoms with Crippen LogP contribution in [0.4, 0.5) is 0 Å². The number of ether oxygens (including phenoxy) is 3. The second kappa shape index (κ2) is 11.7. The third-order valence-corrected chi connectivity index (χ3v) is 5.97. The number of aryl methyl sites for hydroxylation is 1. The first-order valence-corrected chi connectivity index (χ1v) is 11.5. The van der Waals surface area contributed by atoms with E-state index >= 15 is 0 Å². The molecule has 2 heterocycles. The zero-order valence-electron chi connectivity index (χ0n) is 19.7. The lowest BCUT2D eigenvalue weighted by Gasteiger charge is -2.35. The Labute approximate surface area is 199 Å². The Morgan fingerprint density at radius 3 is 2.32 bits per heavy atom. The molecule has 8 nitrogen and oxygen atoms in total. The van der Waals surface area contributed by atoms with Gasteiger partial charge in [-0.15, -0.1) is 0 Å². The van der Waals surface area contributed by atoms with Crippen LogP contribution in [-0.2, 0) is 16.0 Å². The van der Waals surface area contributed by atoms with Gasteiger partial charge in [0.1, 0.15) is 11.5 Å². The molecular weight excluding hydrogens is 434 g/mol. The van der Waals surface area contributed by atoms with Crippen LogP contribution in [-0.4, -0.2) is 62.9 Å². The number of amides is 1. The lowest BCUT2D eigenvalue weighted by Crippen LogP contribution is -2.43. The number of nitrogens with one attached hydrogen (secondary N) is 1. The zero-order valence-corrected chi connectivity index (χ0v) is 19.7. The summed E-state index contributed by atoms with van der Waals surface area (Å²) >= 11 is 0. The van der Waals surface area contributed by atoms with Crippen LogP contribution in [0.5, 0.6) is 11.5 Å². The first-order valence-electron chi connectivity index (χ1n) is 11.5. The molecular formula is C26H31N3O5. The van der Waals surface area contributed by atoms with Gasteiger partial charge in [-0.25, -0.2) is 4.98 Å². The Bertz CT molecular complexity index is 1040. The van der Waals surface area contributed by atoms with Crippen molar-refractivity contribution >= 4 is 5.91 Å². The van der Waals surface area contributed by atoms with E-state index in [1.54, 1.807) is 20.4 Å². The van der Waals surface area contributed by atoms with Gasteiger partial charge in [-0.05, 0) is 42.0 Å². The quantitative estimate of drug-likeness (QED) is 0.491. The van der Waals surface area contributed by atoms with E-state index in [0.717, 1.165) is 35.7 Å². The maximum absolute atomic E-state index is 12.6. The normalized spacial score (nSPS) is 15.0. The number of nitrogens with zero attached hydrogens (tertiary/aromatic N) is 2. The molecule has 1 amide bonds. The van der Waals surface area contributed by atoms with Crippen LogP contribution in [0.3, 0.4) is 0 Å². The van der Waals surface area contributed by atoms with Crippen LogP contribution in [0, 0.1) is 0 Å². The van der Waals surface area contributed by atoms with Crippen LogP contribution in [0.15, 0.2) is 59.1 Å². The highest BCUT2D eigenvalue weighted by molar-refractivity contribution is 5.76. The second-order valence-corrected chi connectivity index (χ2v) is 8.09. The lowest BCUT2D eigenvalue weighted by molar-refractivity contribution is -0.121. The molecule has 34 heavy (non-hydrogen) atoms. The number of oxazole rings is 1. The Morgan fingerprint density at radius 2 is 1.68 bits per heavy atom. The summed E-state index contributed by atoms with van der Waals surface area (Å²) in [6.07, 6.45) is 2.43. The molecule has 8 heteroatoms. The number of methoxy groups -OCH3 is 2. The maximum Gasteiger partial charge on any atom is 0.220 e. The molecule has 1 fully saturated rings. The van der Waals surface area contributed by atoms with Gasteiger partial charge in [-0.1, -0.05) is 12.1 Å². The minimum Gasteiger partial charge on any atom is -0.497 e. The Morgan fingerprint density at radius 1 is 1.03 bits per heavy atom. The molecule has 1 aromatic heterocycles. The summed E-state index contributed by atoms with van der Waals surface area (Å²) in [5.41, 5.74) is 2.05. The molecule has 1 saturated heterocycles. The summed E-state index contributed by atoms with van der Waals surface area (Å²) < 4.78 is 21.8. The number of benzene rings is 2. The van der Waals surface area contributed by atoms with Gasteiger partial charge in [0.2, 0.25) is 5.91 Å². The van der Waals surface area contributed by atoms with E-state index in [-0.39, 0.29) is 11.9 Å². The van der Waals surface area contributed by atoms with Gasteiger partial charge in [-0.2, -0.15) is 0 Å². The first-order chi connectivity index (χ1) is 16.7. The van der Waals surface area contributed by atoms with Crippen molar-refractivity contribution in [1.29, 1.82) is 0 Å². The van der Waals surface area contributed by atoms with Crippen LogP contribution < -0.4 is 14.8 Å². The molecule has 0 saturated carbocycles. The van der Waals surface area contributed by atoms with Crippen molar-refractivity contribution in [3.63, 3.8) is 0 Å². The van der Waals surface area contributed by atoms with E-state index in [1.165, 1.54) is 0 Å². The van der Waals surface area contributed by atoms with E-state index in [2.05, 4.69) is 27.3 Å². The minimum absolute atomic E-state index is 0.0315. The number of morpholine rings is 1. The highest BCUT2D eigenvalue weighted by Gasteiger charge is 2.23. The molecule has 3 aromatic rings. The smallest absolute Gasteiger partial charge is 0.220 e. The monoisotopic (exact) mass is 465 g/mol. The van der Waals surface area contributed by atoms with Crippen LogP contribution in [0.1, 0.15) is 23.9 Å². The molecule has 2 aromatic carbocycles. The Balaban J connectivity index is 1.32. The largest absolute Gasteiger partial charge is 0.497 e. The minimum atomic E-state index is -0.0315. The number of carbonyl (C=O) groups is 1. The molecule has 1 atom stereocenters. The highest BCUT2D eigenvalue weighted by atomic mass is 16.5. The molecule has 1 aliphatic rings. The number of hydrogen-bond acceptors (Lipinski definition) is 7. The van der Waals surface area contributed by atoms with Gasteiger partial charge in [0.15, 0.2) is 11.7 Å². The van der Waals surface area contributed by atoms with E-state index in [9.17, 15) is 4.79 Å². The molecule has 0 spiro atoms. The van der Waals surface area contributed by atoms with Gasteiger partial charge in [0, 0.05) is 38.0 Å². The molecule has 0 aliphatic carbocycles. The van der Waals surface area contributed by atoms with Crippen molar-refractivity contribution in [3.05, 3.63) is 66.2 Å². The van der Waals surface area contributed by atoms with E-state index in [1.807, 2.05) is 36.4 Å². The summed E-state index contributed by atoms with van der Waals surface area (Å²) in [5.74, 6) is 2.78. The highest BCUT2D eigenvalue weighted by Crippen LogP contribution is 2.25. The number of carbonyl (C=O) groups excluding carboxylic acids is 1. The standard InChI is InChI=1S/C26H31N3O5/c1-31-21-7-3-19(4-8-21)23(29-13-15-33-16-14-29)17-27-25(30)11-12-26-28-18-24(34-26)20-5-9-22(32-2)10-6-20/h3-10,18,23H,11-17H2,1-2H3,(H,27,30). The molecule has 1 N–H and O–H groups in total. The lowest BCUT2D eigenvalue weighted by atomic mass is 10.0. The van der Waals surface area contributed by atoms with Gasteiger partial charge >= 0.3 is 0 Å². The van der Waals surface area contributed by atoms with Gasteiger partial charge in [0.25, 0.3) is 0 Å². The van der Waals surface area contributed by atoms with Crippen molar-refractivity contribution in [2.45, 2.75) is 18.9 Å². The second-order valence-electron chi connectivity index (χ2n) is 8.09. The third-order valence-electron chi connectivity index (χ3n) is 5.97. The van der Waals surface area contributed by atoms with Crippen molar-refractivity contribution in [1.82, 2.24) is 15.2 Å². The summed E-state index contributed by atoms with van der Waals surface area (Å²) in [6.45, 7) is 3.57. The average Bonchev–Trinajstić information content (AvgIpc) is 3.38. The topological polar surface area (TPSA) is 86.1 Å². The van der Waals surface area contributed by atoms with Crippen molar-refractivity contribution in [2.24, 2.45) is 0 Å². The fourth-order valence-electron chi connectivity index (χ4n) is 4.01. The Hall–Kier alpha value is -3.36. The van der Waals surface area contributed by atoms with E-state index in [0.29, 0.717) is 44.3 Å². The van der Waals surface area contributed by atoms with E-state index < -0.39 is 0 Å². The molecule has 0 bridgehead atoms. The summed E-state index contributed by atoms with van der Waals surface area (Å²) in [6, 6.07) is 15.7. The average molecular weight is 466 g/mol. The molecule has 4 rings (SSSR count). The van der Waals surface area contributed by atoms with E-state index in [4.69, 9.17) is 18.6 Å². The molecule has 180 valence electrons. The predicted octanol–water partition coefficient (Wildman–Crippen LogP) is 3.48. The van der Waals surface area contributed by atoms with Gasteiger partial charge < -0.3 is 23.9 Å². The number of aromatic nitrogens is 1. The van der Waals surface area contributed by atoms with Crippen LogP contribution in [0.25, 0.3) is 11.3 Å². The summed E-state index contributed by atoms with van der Waals surface area (Å²) in [5, 5.41) is 3.09. The van der Waals surface area contributed by atoms with Crippen molar-refractivity contribution in [2.75, 3.05) is 47.1 Å². The number of hydrogen-bond donors (Lipinski definition) is 1. The molecule has 1 aliphatic heterocycles. The van der Waals surface area contributed by atoms with Gasteiger partial charge in [0.05, 0.1) is 39.7 Å². The van der Waals surface area contributed by atoms with Crippen LogP contribution >= 0.6 is 0 Å². The number of rotatable bonds is 10. The molecule has 0 radical (unpaired) electrons. The Kier molecular flexibility index (Phi) is 8.17. The van der Waals surface area contributed by atoms with Crippen molar-refractivity contribution < 1.29 is 23.4 Å². The fourth-order valence-corrected chi connectivity index (χ4v) is 4.01. The first kappa shape index (κ1) is 23.8. The predicted molar refractivity (Wildman–Crippen MR) is 128 cm³/mol. The van der Waals surface area contributed by atoms with Crippen molar-refractivity contribution in [3.8, 4) is 22.8 Å². The fraction of sp³-hybridized carbons (Fsp3) is 0.385.